The van der Waals surface area contributed by atoms with Crippen LogP contribution in [0.2, 0.25) is 0 Å². The van der Waals surface area contributed by atoms with Crippen LogP contribution in [0.3, 0.4) is 0 Å². The van der Waals surface area contributed by atoms with Gasteiger partial charge >= 0.3 is 5.97 Å². The Morgan fingerprint density at radius 2 is 1.67 bits per heavy atom. The van der Waals surface area contributed by atoms with Crippen LogP contribution in [-0.2, 0) is 14.3 Å². The van der Waals surface area contributed by atoms with Crippen molar-refractivity contribution in [3.8, 4) is 0 Å². The molecule has 30 heavy (non-hydrogen) atoms. The summed E-state index contributed by atoms with van der Waals surface area (Å²) in [6, 6.07) is 7.26. The second-order valence-corrected chi connectivity index (χ2v) is 9.83. The SMILES string of the molecule is COC1C(C)=C(C(=O)OC(C)(C)C)C(C)=C(C)C1(C)C=CC(=O)c1ccc(Br)cc1. The van der Waals surface area contributed by atoms with E-state index in [4.69, 9.17) is 9.47 Å². The molecule has 0 radical (unpaired) electrons. The lowest BCUT2D eigenvalue weighted by Gasteiger charge is -2.42. The Labute approximate surface area is 188 Å². The lowest BCUT2D eigenvalue weighted by atomic mass is 9.67. The number of methoxy groups -OCH3 is 1. The smallest absolute Gasteiger partial charge is 0.338 e. The molecule has 0 aromatic heterocycles. The second kappa shape index (κ2) is 9.03. The van der Waals surface area contributed by atoms with E-state index in [0.29, 0.717) is 11.1 Å². The third-order valence-corrected chi connectivity index (χ3v) is 6.15. The third kappa shape index (κ3) is 5.01. The lowest BCUT2D eigenvalue weighted by molar-refractivity contribution is -0.149. The summed E-state index contributed by atoms with van der Waals surface area (Å²) in [5.74, 6) is -0.431. The van der Waals surface area contributed by atoms with E-state index in [0.717, 1.165) is 21.2 Å². The van der Waals surface area contributed by atoms with Gasteiger partial charge in [-0.25, -0.2) is 4.79 Å². The highest BCUT2D eigenvalue weighted by atomic mass is 79.9. The number of hydrogen-bond acceptors (Lipinski definition) is 4. The lowest BCUT2D eigenvalue weighted by Crippen LogP contribution is -2.40. The van der Waals surface area contributed by atoms with Crippen molar-refractivity contribution in [2.75, 3.05) is 7.11 Å². The largest absolute Gasteiger partial charge is 0.456 e. The van der Waals surface area contributed by atoms with E-state index in [1.54, 1.807) is 25.3 Å². The molecule has 0 N–H and O–H groups in total. The number of hydrogen-bond donors (Lipinski definition) is 0. The molecule has 1 aromatic carbocycles. The molecule has 0 saturated heterocycles. The van der Waals surface area contributed by atoms with Crippen LogP contribution in [0, 0.1) is 5.41 Å². The van der Waals surface area contributed by atoms with E-state index < -0.39 is 17.1 Å². The summed E-state index contributed by atoms with van der Waals surface area (Å²) in [4.78, 5) is 25.6. The quantitative estimate of drug-likeness (QED) is 0.288. The zero-order valence-corrected chi connectivity index (χ0v) is 20.6. The Morgan fingerprint density at radius 1 is 1.10 bits per heavy atom. The van der Waals surface area contributed by atoms with Crippen molar-refractivity contribution in [3.05, 3.63) is 68.7 Å². The summed E-state index contributed by atoms with van der Waals surface area (Å²) >= 11 is 3.38. The van der Waals surface area contributed by atoms with Crippen LogP contribution in [0.5, 0.6) is 0 Å². The van der Waals surface area contributed by atoms with Crippen LogP contribution in [-0.4, -0.2) is 30.6 Å². The molecule has 0 amide bonds. The number of ketones is 1. The van der Waals surface area contributed by atoms with Crippen LogP contribution < -0.4 is 0 Å². The van der Waals surface area contributed by atoms with Gasteiger partial charge in [0.25, 0.3) is 0 Å². The van der Waals surface area contributed by atoms with Crippen molar-refractivity contribution in [1.82, 2.24) is 0 Å². The van der Waals surface area contributed by atoms with Crippen LogP contribution in [0.1, 0.15) is 58.8 Å². The van der Waals surface area contributed by atoms with Crippen molar-refractivity contribution in [1.29, 1.82) is 0 Å². The van der Waals surface area contributed by atoms with Crippen molar-refractivity contribution < 1.29 is 19.1 Å². The molecule has 0 bridgehead atoms. The Hall–Kier alpha value is -1.98. The third-order valence-electron chi connectivity index (χ3n) is 5.63. The molecule has 5 heteroatoms. The number of rotatable bonds is 5. The van der Waals surface area contributed by atoms with Gasteiger partial charge in [-0.05, 0) is 90.0 Å². The summed E-state index contributed by atoms with van der Waals surface area (Å²) in [6.07, 6.45) is 3.09. The number of benzene rings is 1. The van der Waals surface area contributed by atoms with Gasteiger partial charge in [0.2, 0.25) is 0 Å². The molecular formula is C25H31BrO4. The maximum atomic E-state index is 12.9. The van der Waals surface area contributed by atoms with Gasteiger partial charge in [0, 0.05) is 22.6 Å². The second-order valence-electron chi connectivity index (χ2n) is 8.91. The summed E-state index contributed by atoms with van der Waals surface area (Å²) in [5.41, 5.74) is 2.65. The fraction of sp³-hybridized carbons (Fsp3) is 0.440. The molecular weight excluding hydrogens is 444 g/mol. The molecule has 0 spiro atoms. The number of ether oxygens (including phenoxy) is 2. The van der Waals surface area contributed by atoms with Gasteiger partial charge < -0.3 is 9.47 Å². The van der Waals surface area contributed by atoms with E-state index in [1.165, 1.54) is 0 Å². The highest BCUT2D eigenvalue weighted by Gasteiger charge is 2.43. The molecule has 2 atom stereocenters. The van der Waals surface area contributed by atoms with E-state index in [-0.39, 0.29) is 11.8 Å². The van der Waals surface area contributed by atoms with Gasteiger partial charge in [0.1, 0.15) is 5.60 Å². The average Bonchev–Trinajstić information content (AvgIpc) is 2.64. The van der Waals surface area contributed by atoms with E-state index in [9.17, 15) is 9.59 Å². The maximum absolute atomic E-state index is 12.9. The van der Waals surface area contributed by atoms with Crippen molar-refractivity contribution in [2.45, 2.75) is 60.2 Å². The zero-order valence-electron chi connectivity index (χ0n) is 19.1. The molecule has 162 valence electrons. The number of carbonyl (C=O) groups excluding carboxylic acids is 2. The molecule has 2 rings (SSSR count). The normalized spacial score (nSPS) is 22.6. The minimum absolute atomic E-state index is 0.0800. The fourth-order valence-electron chi connectivity index (χ4n) is 3.90. The Bertz CT molecular complexity index is 929. The van der Waals surface area contributed by atoms with E-state index in [1.807, 2.05) is 66.7 Å². The van der Waals surface area contributed by atoms with Crippen molar-refractivity contribution >= 4 is 27.7 Å². The van der Waals surface area contributed by atoms with E-state index in [2.05, 4.69) is 15.9 Å². The fourth-order valence-corrected chi connectivity index (χ4v) is 4.17. The molecule has 0 saturated carbocycles. The van der Waals surface area contributed by atoms with Gasteiger partial charge in [-0.2, -0.15) is 0 Å². The standard InChI is InChI=1S/C25H31BrO4/c1-15-17(3)25(7,14-13-20(27)18-9-11-19(26)12-10-18)22(29-8)16(2)21(15)23(28)30-24(4,5)6/h9-14,22H,1-8H3. The summed E-state index contributed by atoms with van der Waals surface area (Å²) in [7, 11) is 1.62. The Morgan fingerprint density at radius 3 is 2.17 bits per heavy atom. The highest BCUT2D eigenvalue weighted by Crippen LogP contribution is 2.46. The maximum Gasteiger partial charge on any atom is 0.338 e. The van der Waals surface area contributed by atoms with E-state index >= 15 is 0 Å². The minimum Gasteiger partial charge on any atom is -0.456 e. The molecule has 0 fully saturated rings. The van der Waals surface area contributed by atoms with Gasteiger partial charge in [-0.1, -0.05) is 27.6 Å². The first-order valence-electron chi connectivity index (χ1n) is 9.96. The van der Waals surface area contributed by atoms with Crippen molar-refractivity contribution in [2.24, 2.45) is 5.41 Å². The number of halogens is 1. The predicted octanol–water partition coefficient (Wildman–Crippen LogP) is 6.22. The first-order chi connectivity index (χ1) is 13.8. The van der Waals surface area contributed by atoms with Gasteiger partial charge in [-0.15, -0.1) is 0 Å². The zero-order chi connectivity index (χ0) is 22.9. The van der Waals surface area contributed by atoms with Crippen LogP contribution in [0.25, 0.3) is 0 Å². The molecule has 0 heterocycles. The average molecular weight is 475 g/mol. The molecule has 1 aromatic rings. The Kier molecular flexibility index (Phi) is 7.31. The predicted molar refractivity (Wildman–Crippen MR) is 123 cm³/mol. The summed E-state index contributed by atoms with van der Waals surface area (Å²) in [5, 5.41) is 0. The molecule has 1 aliphatic rings. The minimum atomic E-state index is -0.584. The van der Waals surface area contributed by atoms with Crippen LogP contribution in [0.4, 0.5) is 0 Å². The van der Waals surface area contributed by atoms with Crippen molar-refractivity contribution in [3.63, 3.8) is 0 Å². The highest BCUT2D eigenvalue weighted by molar-refractivity contribution is 9.10. The van der Waals surface area contributed by atoms with Gasteiger partial charge in [0.05, 0.1) is 11.7 Å². The molecule has 0 aliphatic heterocycles. The topological polar surface area (TPSA) is 52.6 Å². The number of esters is 1. The Balaban J connectivity index is 2.45. The van der Waals surface area contributed by atoms with Gasteiger partial charge in [0.15, 0.2) is 5.78 Å². The first kappa shape index (κ1) is 24.3. The summed E-state index contributed by atoms with van der Waals surface area (Å²) < 4.78 is 12.4. The number of allylic oxidation sites excluding steroid dienone is 1. The summed E-state index contributed by atoms with van der Waals surface area (Å²) in [6.45, 7) is 13.4. The molecule has 4 nitrogen and oxygen atoms in total. The van der Waals surface area contributed by atoms with Crippen LogP contribution >= 0.6 is 15.9 Å². The van der Waals surface area contributed by atoms with Crippen LogP contribution in [0.15, 0.2) is 63.2 Å². The number of carbonyl (C=O) groups is 2. The van der Waals surface area contributed by atoms with Gasteiger partial charge in [-0.3, -0.25) is 4.79 Å². The molecule has 1 aliphatic carbocycles. The first-order valence-corrected chi connectivity index (χ1v) is 10.8. The molecule has 2 unspecified atom stereocenters. The monoisotopic (exact) mass is 474 g/mol.